The van der Waals surface area contributed by atoms with Crippen molar-refractivity contribution in [3.63, 3.8) is 0 Å². The first-order valence-corrected chi connectivity index (χ1v) is 11.3. The normalized spacial score (nSPS) is 11.8. The van der Waals surface area contributed by atoms with Crippen molar-refractivity contribution in [2.75, 3.05) is 32.8 Å². The van der Waals surface area contributed by atoms with E-state index in [2.05, 4.69) is 10.3 Å². The molecule has 4 aromatic rings. The van der Waals surface area contributed by atoms with Crippen molar-refractivity contribution < 1.29 is 37.3 Å². The number of Topliss-reactive ketones (excluding diaryl/α,β-unsaturated/α-hetero) is 1. The Kier molecular flexibility index (Phi) is 7.88. The summed E-state index contributed by atoms with van der Waals surface area (Å²) in [6.45, 7) is -1.19. The van der Waals surface area contributed by atoms with E-state index in [0.29, 0.717) is 33.7 Å². The number of carbonyl (C=O) groups excluding carboxylic acids is 1. The Balaban J connectivity index is 1.83. The van der Waals surface area contributed by atoms with E-state index < -0.39 is 30.1 Å². The van der Waals surface area contributed by atoms with Gasteiger partial charge in [-0.25, -0.2) is 13.2 Å². The number of ether oxygens (including phenoxy) is 3. The fraction of sp³-hybridized carbons (Fsp3) is 0.222. The average Bonchev–Trinajstić information content (AvgIpc) is 3.32. The molecule has 0 aliphatic carbocycles. The molecule has 37 heavy (non-hydrogen) atoms. The van der Waals surface area contributed by atoms with Crippen molar-refractivity contribution in [3.8, 4) is 17.2 Å². The SMILES string of the molecule is COc1cc(NC(C(=O)c2c[nH]c3cc(F)c(CF)cc23)c2ccc(F)cc2OC)cc(OCCO)c1. The van der Waals surface area contributed by atoms with Crippen molar-refractivity contribution in [1.29, 1.82) is 0 Å². The van der Waals surface area contributed by atoms with Gasteiger partial charge in [-0.15, -0.1) is 0 Å². The number of hydrogen-bond donors (Lipinski definition) is 3. The Labute approximate surface area is 210 Å². The predicted octanol–water partition coefficient (Wildman–Crippen LogP) is 5.34. The second kappa shape index (κ2) is 11.3. The number of benzene rings is 3. The minimum atomic E-state index is -1.11. The van der Waals surface area contributed by atoms with E-state index in [0.717, 1.165) is 12.1 Å². The number of aromatic amines is 1. The number of carbonyl (C=O) groups is 1. The molecule has 1 aromatic heterocycles. The molecule has 0 saturated heterocycles. The van der Waals surface area contributed by atoms with E-state index in [1.807, 2.05) is 0 Å². The highest BCUT2D eigenvalue weighted by molar-refractivity contribution is 6.11. The second-order valence-corrected chi connectivity index (χ2v) is 8.12. The minimum Gasteiger partial charge on any atom is -0.497 e. The fourth-order valence-electron chi connectivity index (χ4n) is 4.04. The summed E-state index contributed by atoms with van der Waals surface area (Å²) in [6, 6.07) is 9.96. The van der Waals surface area contributed by atoms with Crippen LogP contribution < -0.4 is 19.5 Å². The molecule has 0 spiro atoms. The Bertz CT molecular complexity index is 1420. The molecule has 3 aromatic carbocycles. The third-order valence-corrected chi connectivity index (χ3v) is 5.81. The lowest BCUT2D eigenvalue weighted by Crippen LogP contribution is -2.22. The highest BCUT2D eigenvalue weighted by Crippen LogP contribution is 2.35. The molecule has 0 aliphatic rings. The first-order valence-electron chi connectivity index (χ1n) is 11.3. The van der Waals surface area contributed by atoms with Crippen LogP contribution >= 0.6 is 0 Å². The largest absolute Gasteiger partial charge is 0.497 e. The molecular weight excluding hydrogens is 489 g/mol. The molecule has 1 unspecified atom stereocenters. The Morgan fingerprint density at radius 1 is 1.05 bits per heavy atom. The van der Waals surface area contributed by atoms with Crippen molar-refractivity contribution >= 4 is 22.4 Å². The maximum Gasteiger partial charge on any atom is 0.191 e. The molecule has 0 aliphatic heterocycles. The van der Waals surface area contributed by atoms with Crippen molar-refractivity contribution in [1.82, 2.24) is 4.98 Å². The second-order valence-electron chi connectivity index (χ2n) is 8.12. The van der Waals surface area contributed by atoms with Crippen LogP contribution in [0.1, 0.15) is 27.5 Å². The molecule has 1 atom stereocenters. The van der Waals surface area contributed by atoms with E-state index in [1.165, 1.54) is 38.6 Å². The summed E-state index contributed by atoms with van der Waals surface area (Å²) >= 11 is 0. The molecule has 1 heterocycles. The van der Waals surface area contributed by atoms with Crippen LogP contribution in [0.2, 0.25) is 0 Å². The van der Waals surface area contributed by atoms with Crippen molar-refractivity contribution in [3.05, 3.63) is 83.1 Å². The van der Waals surface area contributed by atoms with Gasteiger partial charge in [-0.1, -0.05) is 0 Å². The Morgan fingerprint density at radius 2 is 1.84 bits per heavy atom. The average molecular weight is 515 g/mol. The van der Waals surface area contributed by atoms with Gasteiger partial charge in [0.2, 0.25) is 0 Å². The lowest BCUT2D eigenvalue weighted by Gasteiger charge is -2.22. The van der Waals surface area contributed by atoms with Gasteiger partial charge >= 0.3 is 0 Å². The number of ketones is 1. The van der Waals surface area contributed by atoms with Crippen LogP contribution in [0, 0.1) is 11.6 Å². The number of halogens is 3. The molecule has 0 radical (unpaired) electrons. The number of rotatable bonds is 11. The number of alkyl halides is 1. The summed E-state index contributed by atoms with van der Waals surface area (Å²) in [5.74, 6) is -0.816. The highest BCUT2D eigenvalue weighted by Gasteiger charge is 2.28. The number of aromatic nitrogens is 1. The zero-order valence-corrected chi connectivity index (χ0v) is 20.1. The molecule has 0 fully saturated rings. The third kappa shape index (κ3) is 5.49. The van der Waals surface area contributed by atoms with Crippen LogP contribution in [0.4, 0.5) is 18.9 Å². The van der Waals surface area contributed by atoms with E-state index in [1.54, 1.807) is 18.2 Å². The number of nitrogens with one attached hydrogen (secondary N) is 2. The first-order chi connectivity index (χ1) is 17.9. The zero-order chi connectivity index (χ0) is 26.5. The summed E-state index contributed by atoms with van der Waals surface area (Å²) < 4.78 is 57.7. The number of H-pyrrole nitrogens is 1. The molecule has 7 nitrogen and oxygen atoms in total. The van der Waals surface area contributed by atoms with Crippen LogP contribution in [0.25, 0.3) is 10.9 Å². The highest BCUT2D eigenvalue weighted by atomic mass is 19.1. The Hall–Kier alpha value is -4.18. The van der Waals surface area contributed by atoms with Crippen LogP contribution in [-0.4, -0.2) is 43.3 Å². The molecule has 4 rings (SSSR count). The molecule has 0 bridgehead atoms. The quantitative estimate of drug-likeness (QED) is 0.234. The van der Waals surface area contributed by atoms with Gasteiger partial charge in [-0.2, -0.15) is 0 Å². The Morgan fingerprint density at radius 3 is 2.54 bits per heavy atom. The monoisotopic (exact) mass is 514 g/mol. The molecule has 194 valence electrons. The fourth-order valence-corrected chi connectivity index (χ4v) is 4.04. The number of hydrogen-bond acceptors (Lipinski definition) is 6. The number of methoxy groups -OCH3 is 2. The molecule has 0 saturated carbocycles. The van der Waals surface area contributed by atoms with E-state index in [9.17, 15) is 18.0 Å². The van der Waals surface area contributed by atoms with Crippen LogP contribution in [0.15, 0.2) is 54.7 Å². The summed E-state index contributed by atoms with van der Waals surface area (Å²) in [4.78, 5) is 16.8. The smallest absolute Gasteiger partial charge is 0.191 e. The maximum absolute atomic E-state index is 14.1. The number of aliphatic hydroxyl groups excluding tert-OH is 1. The van der Waals surface area contributed by atoms with Crippen LogP contribution in [-0.2, 0) is 6.67 Å². The van der Waals surface area contributed by atoms with Crippen LogP contribution in [0.3, 0.4) is 0 Å². The topological polar surface area (TPSA) is 92.8 Å². The molecule has 10 heteroatoms. The van der Waals surface area contributed by atoms with Gasteiger partial charge in [-0.05, 0) is 24.3 Å². The summed E-state index contributed by atoms with van der Waals surface area (Å²) in [5, 5.41) is 12.6. The van der Waals surface area contributed by atoms with E-state index in [4.69, 9.17) is 19.3 Å². The zero-order valence-electron chi connectivity index (χ0n) is 20.1. The summed E-state index contributed by atoms with van der Waals surface area (Å²) in [6.07, 6.45) is 1.42. The van der Waals surface area contributed by atoms with E-state index in [-0.39, 0.29) is 30.1 Å². The maximum atomic E-state index is 14.1. The van der Waals surface area contributed by atoms with Gasteiger partial charge in [0.15, 0.2) is 5.78 Å². The first kappa shape index (κ1) is 25.9. The minimum absolute atomic E-state index is 0.0452. The number of anilines is 1. The third-order valence-electron chi connectivity index (χ3n) is 5.81. The van der Waals surface area contributed by atoms with Gasteiger partial charge in [0, 0.05) is 63.7 Å². The summed E-state index contributed by atoms with van der Waals surface area (Å²) in [5.41, 5.74) is 1.07. The van der Waals surface area contributed by atoms with Gasteiger partial charge < -0.3 is 29.6 Å². The molecule has 3 N–H and O–H groups in total. The lowest BCUT2D eigenvalue weighted by molar-refractivity contribution is 0.0970. The van der Waals surface area contributed by atoms with Crippen molar-refractivity contribution in [2.45, 2.75) is 12.7 Å². The van der Waals surface area contributed by atoms with E-state index >= 15 is 0 Å². The van der Waals surface area contributed by atoms with Gasteiger partial charge in [0.05, 0.1) is 20.8 Å². The van der Waals surface area contributed by atoms with Gasteiger partial charge in [0.1, 0.15) is 48.2 Å². The molecular formula is C27H25F3N2O5. The number of aliphatic hydroxyl groups is 1. The lowest BCUT2D eigenvalue weighted by atomic mass is 9.95. The summed E-state index contributed by atoms with van der Waals surface area (Å²) in [7, 11) is 2.82. The standard InChI is InChI=1S/C27H25F3N2O5/c1-35-18-9-17(10-19(11-18)37-6-5-33)32-26(20-4-3-16(29)8-25(20)36-2)27(34)22-14-31-24-12-23(30)15(13-28)7-21(22)24/h3-4,7-12,14,26,31-33H,5-6,13H2,1-2H3. The number of fused-ring (bicyclic) bond motifs is 1. The van der Waals surface area contributed by atoms with Crippen molar-refractivity contribution in [2.24, 2.45) is 0 Å². The van der Waals surface area contributed by atoms with Crippen LogP contribution in [0.5, 0.6) is 17.2 Å². The molecule has 0 amide bonds. The van der Waals surface area contributed by atoms with Gasteiger partial charge in [0.25, 0.3) is 0 Å². The van der Waals surface area contributed by atoms with Gasteiger partial charge in [-0.3, -0.25) is 4.79 Å². The predicted molar refractivity (Wildman–Crippen MR) is 132 cm³/mol.